The maximum atomic E-state index is 11.5. The van der Waals surface area contributed by atoms with Crippen molar-refractivity contribution in [3.63, 3.8) is 0 Å². The molecule has 2 aliphatic rings. The average molecular weight is 183 g/mol. The van der Waals surface area contributed by atoms with Gasteiger partial charge in [-0.1, -0.05) is 19.3 Å². The zero-order valence-electron chi connectivity index (χ0n) is 7.88. The number of nitrogens with zero attached hydrogens (tertiary/aromatic N) is 1. The molecule has 0 unspecified atom stereocenters. The Balaban J connectivity index is 1.92. The summed E-state index contributed by atoms with van der Waals surface area (Å²) in [6, 6.07) is 0.576. The highest BCUT2D eigenvalue weighted by Gasteiger charge is 2.26. The van der Waals surface area contributed by atoms with E-state index in [4.69, 9.17) is 0 Å². The van der Waals surface area contributed by atoms with Crippen molar-refractivity contribution in [2.24, 2.45) is 0 Å². The molecule has 2 fully saturated rings. The minimum Gasteiger partial charge on any atom is -0.325 e. The lowest BCUT2D eigenvalue weighted by Crippen LogP contribution is -2.57. The Morgan fingerprint density at radius 1 is 1.23 bits per heavy atom. The van der Waals surface area contributed by atoms with E-state index in [0.717, 1.165) is 6.67 Å². The van der Waals surface area contributed by atoms with Gasteiger partial charge in [0.25, 0.3) is 0 Å². The van der Waals surface area contributed by atoms with Gasteiger partial charge in [-0.25, -0.2) is 4.79 Å². The van der Waals surface area contributed by atoms with Crippen LogP contribution in [0.15, 0.2) is 0 Å². The van der Waals surface area contributed by atoms with Crippen LogP contribution in [0.3, 0.4) is 0 Å². The molecular weight excluding hydrogens is 166 g/mol. The molecule has 4 nitrogen and oxygen atoms in total. The molecule has 0 atom stereocenters. The summed E-state index contributed by atoms with van der Waals surface area (Å²) in [5.74, 6) is 0. The van der Waals surface area contributed by atoms with Gasteiger partial charge in [0.05, 0.1) is 13.3 Å². The van der Waals surface area contributed by atoms with Crippen LogP contribution < -0.4 is 10.6 Å². The van der Waals surface area contributed by atoms with Crippen molar-refractivity contribution >= 4 is 6.03 Å². The Morgan fingerprint density at radius 3 is 2.69 bits per heavy atom. The van der Waals surface area contributed by atoms with Gasteiger partial charge in [0.2, 0.25) is 0 Å². The fraction of sp³-hybridized carbons (Fsp3) is 0.889. The van der Waals surface area contributed by atoms with Crippen molar-refractivity contribution in [2.45, 2.75) is 38.1 Å². The molecule has 2 N–H and O–H groups in total. The number of nitrogens with one attached hydrogen (secondary N) is 2. The summed E-state index contributed by atoms with van der Waals surface area (Å²) in [5.41, 5.74) is 0. The summed E-state index contributed by atoms with van der Waals surface area (Å²) in [6.45, 7) is 1.33. The smallest absolute Gasteiger partial charge is 0.319 e. The maximum absolute atomic E-state index is 11.5. The fourth-order valence-electron chi connectivity index (χ4n) is 2.18. The van der Waals surface area contributed by atoms with Crippen LogP contribution >= 0.6 is 0 Å². The van der Waals surface area contributed by atoms with Gasteiger partial charge in [0.15, 0.2) is 0 Å². The van der Waals surface area contributed by atoms with Gasteiger partial charge in [0, 0.05) is 6.04 Å². The lowest BCUT2D eigenvalue weighted by molar-refractivity contribution is 0.133. The van der Waals surface area contributed by atoms with E-state index in [0.29, 0.717) is 12.7 Å². The second-order valence-corrected chi connectivity index (χ2v) is 3.83. The number of amides is 2. The first-order valence-corrected chi connectivity index (χ1v) is 5.13. The summed E-state index contributed by atoms with van der Waals surface area (Å²) >= 11 is 0. The number of rotatable bonds is 1. The topological polar surface area (TPSA) is 44.4 Å². The van der Waals surface area contributed by atoms with Crippen molar-refractivity contribution in [3.8, 4) is 0 Å². The zero-order valence-corrected chi connectivity index (χ0v) is 7.88. The number of hydrogen-bond donors (Lipinski definition) is 2. The Kier molecular flexibility index (Phi) is 2.68. The molecule has 0 spiro atoms. The molecule has 0 bridgehead atoms. The average Bonchev–Trinajstić information content (AvgIpc) is 2.20. The van der Waals surface area contributed by atoms with Crippen molar-refractivity contribution < 1.29 is 4.79 Å². The largest absolute Gasteiger partial charge is 0.325 e. The molecule has 0 radical (unpaired) electrons. The predicted octanol–water partition coefficient (Wildman–Crippen LogP) is 0.849. The maximum Gasteiger partial charge on any atom is 0.319 e. The molecule has 2 amide bonds. The number of carbonyl (C=O) groups excluding carboxylic acids is 1. The van der Waals surface area contributed by atoms with Crippen LogP contribution in [0.1, 0.15) is 32.1 Å². The molecule has 0 aromatic carbocycles. The van der Waals surface area contributed by atoms with Crippen LogP contribution in [0.4, 0.5) is 4.79 Å². The molecule has 1 saturated heterocycles. The van der Waals surface area contributed by atoms with E-state index < -0.39 is 0 Å². The molecule has 4 heteroatoms. The molecule has 1 aliphatic carbocycles. The van der Waals surface area contributed by atoms with E-state index in [9.17, 15) is 4.79 Å². The van der Waals surface area contributed by atoms with E-state index >= 15 is 0 Å². The lowest BCUT2D eigenvalue weighted by Gasteiger charge is -2.37. The van der Waals surface area contributed by atoms with Gasteiger partial charge in [-0.3, -0.25) is 5.32 Å². The molecule has 1 aliphatic heterocycles. The molecule has 0 aromatic heterocycles. The molecule has 1 saturated carbocycles. The van der Waals surface area contributed by atoms with Crippen LogP contribution in [0.5, 0.6) is 0 Å². The standard InChI is InChI=1S/C9H17N3O/c13-9-11-6-10-7-12(9)8-4-2-1-3-5-8/h8,10H,1-7H2,(H,11,13). The second-order valence-electron chi connectivity index (χ2n) is 3.83. The Labute approximate surface area is 78.7 Å². The first-order chi connectivity index (χ1) is 6.38. The van der Waals surface area contributed by atoms with Crippen LogP contribution in [-0.4, -0.2) is 30.3 Å². The minimum atomic E-state index is 0.102. The molecule has 13 heavy (non-hydrogen) atoms. The van der Waals surface area contributed by atoms with Crippen LogP contribution in [-0.2, 0) is 0 Å². The Hall–Kier alpha value is -0.770. The van der Waals surface area contributed by atoms with E-state index in [-0.39, 0.29) is 6.03 Å². The van der Waals surface area contributed by atoms with Crippen molar-refractivity contribution in [1.82, 2.24) is 15.5 Å². The summed E-state index contributed by atoms with van der Waals surface area (Å²) in [6.07, 6.45) is 6.23. The molecular formula is C9H17N3O. The third-order valence-electron chi connectivity index (χ3n) is 2.92. The number of urea groups is 1. The van der Waals surface area contributed by atoms with E-state index in [1.54, 1.807) is 0 Å². The van der Waals surface area contributed by atoms with Gasteiger partial charge in [-0.15, -0.1) is 0 Å². The first kappa shape index (κ1) is 8.81. The summed E-state index contributed by atoms with van der Waals surface area (Å²) in [5, 5.41) is 5.96. The molecule has 1 heterocycles. The third kappa shape index (κ3) is 1.94. The van der Waals surface area contributed by atoms with Gasteiger partial charge >= 0.3 is 6.03 Å². The van der Waals surface area contributed by atoms with Crippen LogP contribution in [0.2, 0.25) is 0 Å². The zero-order chi connectivity index (χ0) is 9.10. The Bertz CT molecular complexity index is 189. The highest BCUT2D eigenvalue weighted by Crippen LogP contribution is 2.22. The van der Waals surface area contributed by atoms with Crippen molar-refractivity contribution in [1.29, 1.82) is 0 Å². The van der Waals surface area contributed by atoms with E-state index in [2.05, 4.69) is 10.6 Å². The van der Waals surface area contributed by atoms with Crippen molar-refractivity contribution in [3.05, 3.63) is 0 Å². The lowest BCUT2D eigenvalue weighted by atomic mass is 9.94. The van der Waals surface area contributed by atoms with Crippen LogP contribution in [0.25, 0.3) is 0 Å². The molecule has 0 aromatic rings. The highest BCUT2D eigenvalue weighted by atomic mass is 16.2. The van der Waals surface area contributed by atoms with Crippen LogP contribution in [0, 0.1) is 0 Å². The normalized spacial score (nSPS) is 25.8. The van der Waals surface area contributed by atoms with Gasteiger partial charge < -0.3 is 10.2 Å². The van der Waals surface area contributed by atoms with E-state index in [1.807, 2.05) is 4.90 Å². The van der Waals surface area contributed by atoms with Crippen molar-refractivity contribution in [2.75, 3.05) is 13.3 Å². The fourth-order valence-corrected chi connectivity index (χ4v) is 2.18. The summed E-state index contributed by atoms with van der Waals surface area (Å²) in [4.78, 5) is 13.4. The Morgan fingerprint density at radius 2 is 2.00 bits per heavy atom. The first-order valence-electron chi connectivity index (χ1n) is 5.13. The third-order valence-corrected chi connectivity index (χ3v) is 2.92. The number of hydrogen-bond acceptors (Lipinski definition) is 2. The summed E-state index contributed by atoms with van der Waals surface area (Å²) in [7, 11) is 0. The highest BCUT2D eigenvalue weighted by molar-refractivity contribution is 5.75. The minimum absolute atomic E-state index is 0.102. The summed E-state index contributed by atoms with van der Waals surface area (Å²) < 4.78 is 0. The SMILES string of the molecule is O=C1NCNCN1C1CCCCC1. The quantitative estimate of drug-likeness (QED) is 0.633. The monoisotopic (exact) mass is 183 g/mol. The molecule has 74 valence electrons. The number of carbonyl (C=O) groups is 1. The van der Waals surface area contributed by atoms with E-state index in [1.165, 1.54) is 32.1 Å². The van der Waals surface area contributed by atoms with Gasteiger partial charge in [-0.05, 0) is 12.8 Å². The van der Waals surface area contributed by atoms with Gasteiger partial charge in [0.1, 0.15) is 0 Å². The predicted molar refractivity (Wildman–Crippen MR) is 50.1 cm³/mol. The second kappa shape index (κ2) is 3.96. The van der Waals surface area contributed by atoms with Gasteiger partial charge in [-0.2, -0.15) is 0 Å². The molecule has 2 rings (SSSR count).